The van der Waals surface area contributed by atoms with Gasteiger partial charge in [0.1, 0.15) is 12.4 Å². The van der Waals surface area contributed by atoms with E-state index in [2.05, 4.69) is 4.74 Å². The highest BCUT2D eigenvalue weighted by atomic mass is 35.5. The first kappa shape index (κ1) is 13.8. The average molecular weight is 301 g/mol. The van der Waals surface area contributed by atoms with Crippen molar-refractivity contribution in [3.63, 3.8) is 0 Å². The highest BCUT2D eigenvalue weighted by Crippen LogP contribution is 2.25. The Hall–Kier alpha value is -1.65. The second kappa shape index (κ2) is 5.99. The highest BCUT2D eigenvalue weighted by Gasteiger charge is 2.16. The SMILES string of the molecule is COC(=O)c1occc1COc1cc(Cl)cc(Cl)c1. The zero-order valence-corrected chi connectivity index (χ0v) is 11.5. The summed E-state index contributed by atoms with van der Waals surface area (Å²) < 4.78 is 15.2. The molecule has 19 heavy (non-hydrogen) atoms. The van der Waals surface area contributed by atoms with E-state index in [1.165, 1.54) is 13.4 Å². The Labute approximate surface area is 119 Å². The zero-order chi connectivity index (χ0) is 13.8. The first-order valence-electron chi connectivity index (χ1n) is 5.33. The third-order valence-electron chi connectivity index (χ3n) is 2.35. The van der Waals surface area contributed by atoms with Crippen LogP contribution >= 0.6 is 23.2 Å². The van der Waals surface area contributed by atoms with Gasteiger partial charge in [-0.05, 0) is 24.3 Å². The van der Waals surface area contributed by atoms with Crippen molar-refractivity contribution in [2.45, 2.75) is 6.61 Å². The molecule has 0 aliphatic carbocycles. The molecule has 2 aromatic rings. The summed E-state index contributed by atoms with van der Waals surface area (Å²) in [7, 11) is 1.28. The number of halogens is 2. The molecule has 0 aliphatic heterocycles. The van der Waals surface area contributed by atoms with Gasteiger partial charge in [0.25, 0.3) is 0 Å². The largest absolute Gasteiger partial charge is 0.489 e. The van der Waals surface area contributed by atoms with Crippen LogP contribution in [0.5, 0.6) is 5.75 Å². The molecule has 0 saturated heterocycles. The number of hydrogen-bond donors (Lipinski definition) is 0. The molecule has 0 atom stereocenters. The van der Waals surface area contributed by atoms with Crippen LogP contribution in [0.1, 0.15) is 16.1 Å². The van der Waals surface area contributed by atoms with Crippen molar-refractivity contribution in [3.05, 3.63) is 51.9 Å². The van der Waals surface area contributed by atoms with E-state index in [9.17, 15) is 4.79 Å². The molecule has 100 valence electrons. The molecule has 0 saturated carbocycles. The normalized spacial score (nSPS) is 10.3. The van der Waals surface area contributed by atoms with Gasteiger partial charge in [0.05, 0.1) is 13.4 Å². The van der Waals surface area contributed by atoms with Gasteiger partial charge in [0.15, 0.2) is 0 Å². The molecule has 0 amide bonds. The second-order valence-electron chi connectivity index (χ2n) is 3.66. The van der Waals surface area contributed by atoms with Gasteiger partial charge in [-0.15, -0.1) is 0 Å². The number of methoxy groups -OCH3 is 1. The van der Waals surface area contributed by atoms with Crippen molar-refractivity contribution in [1.29, 1.82) is 0 Å². The van der Waals surface area contributed by atoms with Crippen molar-refractivity contribution in [1.82, 2.24) is 0 Å². The number of carbonyl (C=O) groups is 1. The Balaban J connectivity index is 2.10. The fourth-order valence-electron chi connectivity index (χ4n) is 1.49. The fourth-order valence-corrected chi connectivity index (χ4v) is 2.00. The van der Waals surface area contributed by atoms with E-state index in [0.29, 0.717) is 21.4 Å². The lowest BCUT2D eigenvalue weighted by Crippen LogP contribution is -2.05. The lowest BCUT2D eigenvalue weighted by molar-refractivity contribution is 0.0561. The van der Waals surface area contributed by atoms with Crippen LogP contribution in [0.25, 0.3) is 0 Å². The van der Waals surface area contributed by atoms with Gasteiger partial charge in [-0.1, -0.05) is 23.2 Å². The molecule has 4 nitrogen and oxygen atoms in total. The maximum atomic E-state index is 11.4. The monoisotopic (exact) mass is 300 g/mol. The van der Waals surface area contributed by atoms with E-state index < -0.39 is 5.97 Å². The van der Waals surface area contributed by atoms with Gasteiger partial charge in [0, 0.05) is 15.6 Å². The zero-order valence-electron chi connectivity index (χ0n) is 9.98. The van der Waals surface area contributed by atoms with Gasteiger partial charge in [-0.25, -0.2) is 4.79 Å². The number of hydrogen-bond acceptors (Lipinski definition) is 4. The fraction of sp³-hybridized carbons (Fsp3) is 0.154. The Morgan fingerprint density at radius 2 is 1.95 bits per heavy atom. The smallest absolute Gasteiger partial charge is 0.374 e. The van der Waals surface area contributed by atoms with Crippen LogP contribution in [0.4, 0.5) is 0 Å². The summed E-state index contributed by atoms with van der Waals surface area (Å²) in [6.07, 6.45) is 1.40. The third kappa shape index (κ3) is 3.43. The van der Waals surface area contributed by atoms with Crippen molar-refractivity contribution in [2.75, 3.05) is 7.11 Å². The van der Waals surface area contributed by atoms with Gasteiger partial charge >= 0.3 is 5.97 Å². The van der Waals surface area contributed by atoms with Crippen molar-refractivity contribution in [3.8, 4) is 5.75 Å². The summed E-state index contributed by atoms with van der Waals surface area (Å²) >= 11 is 11.7. The average Bonchev–Trinajstić information content (AvgIpc) is 2.82. The summed E-state index contributed by atoms with van der Waals surface area (Å²) in [5.41, 5.74) is 0.586. The quantitative estimate of drug-likeness (QED) is 0.802. The summed E-state index contributed by atoms with van der Waals surface area (Å²) in [4.78, 5) is 11.4. The van der Waals surface area contributed by atoms with Gasteiger partial charge in [-0.3, -0.25) is 0 Å². The Kier molecular flexibility index (Phi) is 4.35. The van der Waals surface area contributed by atoms with Crippen LogP contribution in [0.3, 0.4) is 0 Å². The summed E-state index contributed by atoms with van der Waals surface area (Å²) in [6.45, 7) is 0.150. The van der Waals surface area contributed by atoms with Crippen LogP contribution in [0.2, 0.25) is 10.0 Å². The summed E-state index contributed by atoms with van der Waals surface area (Å²) in [5, 5.41) is 0.950. The Morgan fingerprint density at radius 1 is 1.26 bits per heavy atom. The molecule has 0 radical (unpaired) electrons. The van der Waals surface area contributed by atoms with E-state index in [1.807, 2.05) is 0 Å². The first-order valence-corrected chi connectivity index (χ1v) is 6.09. The van der Waals surface area contributed by atoms with Gasteiger partial charge in [-0.2, -0.15) is 0 Å². The standard InChI is InChI=1S/C13H10Cl2O4/c1-17-13(16)12-8(2-3-18-12)7-19-11-5-9(14)4-10(15)6-11/h2-6H,7H2,1H3. The lowest BCUT2D eigenvalue weighted by atomic mass is 10.2. The number of carbonyl (C=O) groups excluding carboxylic acids is 1. The molecule has 6 heteroatoms. The first-order chi connectivity index (χ1) is 9.10. The molecule has 1 heterocycles. The molecule has 0 spiro atoms. The number of esters is 1. The van der Waals surface area contributed by atoms with E-state index in [0.717, 1.165) is 0 Å². The number of furan rings is 1. The topological polar surface area (TPSA) is 48.7 Å². The van der Waals surface area contributed by atoms with E-state index in [-0.39, 0.29) is 12.4 Å². The Morgan fingerprint density at radius 3 is 2.58 bits per heavy atom. The molecule has 0 bridgehead atoms. The number of rotatable bonds is 4. The molecule has 0 unspecified atom stereocenters. The molecular weight excluding hydrogens is 291 g/mol. The molecule has 1 aromatic carbocycles. The van der Waals surface area contributed by atoms with E-state index in [1.54, 1.807) is 24.3 Å². The van der Waals surface area contributed by atoms with Gasteiger partial charge in [0.2, 0.25) is 5.76 Å². The van der Waals surface area contributed by atoms with Crippen LogP contribution < -0.4 is 4.74 Å². The van der Waals surface area contributed by atoms with E-state index >= 15 is 0 Å². The molecule has 0 aliphatic rings. The second-order valence-corrected chi connectivity index (χ2v) is 4.53. The third-order valence-corrected chi connectivity index (χ3v) is 2.78. The van der Waals surface area contributed by atoms with Crippen LogP contribution in [-0.2, 0) is 11.3 Å². The number of ether oxygens (including phenoxy) is 2. The van der Waals surface area contributed by atoms with E-state index in [4.69, 9.17) is 32.4 Å². The van der Waals surface area contributed by atoms with Crippen LogP contribution in [-0.4, -0.2) is 13.1 Å². The highest BCUT2D eigenvalue weighted by molar-refractivity contribution is 6.34. The lowest BCUT2D eigenvalue weighted by Gasteiger charge is -2.06. The number of benzene rings is 1. The Bertz CT molecular complexity index is 572. The minimum absolute atomic E-state index is 0.121. The molecular formula is C13H10Cl2O4. The van der Waals surface area contributed by atoms with Gasteiger partial charge < -0.3 is 13.9 Å². The molecule has 0 N–H and O–H groups in total. The summed E-state index contributed by atoms with van der Waals surface area (Å²) in [5.74, 6) is 0.0814. The summed E-state index contributed by atoms with van der Waals surface area (Å²) in [6, 6.07) is 6.50. The predicted molar refractivity (Wildman–Crippen MR) is 70.8 cm³/mol. The maximum Gasteiger partial charge on any atom is 0.374 e. The predicted octanol–water partition coefficient (Wildman–Crippen LogP) is 3.95. The molecule has 1 aromatic heterocycles. The minimum Gasteiger partial charge on any atom is -0.489 e. The van der Waals surface area contributed by atoms with Crippen molar-refractivity contribution < 1.29 is 18.7 Å². The van der Waals surface area contributed by atoms with Crippen molar-refractivity contribution in [2.24, 2.45) is 0 Å². The molecule has 2 rings (SSSR count). The van der Waals surface area contributed by atoms with Crippen LogP contribution in [0.15, 0.2) is 34.9 Å². The molecule has 0 fully saturated rings. The van der Waals surface area contributed by atoms with Crippen LogP contribution in [0, 0.1) is 0 Å². The minimum atomic E-state index is -0.548. The maximum absolute atomic E-state index is 11.4. The van der Waals surface area contributed by atoms with Crippen molar-refractivity contribution >= 4 is 29.2 Å².